The van der Waals surface area contributed by atoms with Crippen molar-refractivity contribution >= 4 is 11.7 Å². The van der Waals surface area contributed by atoms with Crippen LogP contribution in [0.3, 0.4) is 0 Å². The summed E-state index contributed by atoms with van der Waals surface area (Å²) in [6, 6.07) is 5.72. The third-order valence-electron chi connectivity index (χ3n) is 3.42. The van der Waals surface area contributed by atoms with E-state index in [1.54, 1.807) is 12.1 Å². The molecule has 1 aliphatic carbocycles. The largest absolute Gasteiger partial charge is 0.338 e. The van der Waals surface area contributed by atoms with Gasteiger partial charge in [0.05, 0.1) is 5.69 Å². The summed E-state index contributed by atoms with van der Waals surface area (Å²) in [4.78, 5) is 11.9. The van der Waals surface area contributed by atoms with Crippen molar-refractivity contribution in [2.75, 3.05) is 5.01 Å². The lowest BCUT2D eigenvalue weighted by Crippen LogP contribution is -2.48. The second-order valence-electron chi connectivity index (χ2n) is 4.64. The zero-order valence-corrected chi connectivity index (χ0v) is 9.37. The normalized spacial score (nSPS) is 22.2. The molecule has 1 spiro atoms. The van der Waals surface area contributed by atoms with Gasteiger partial charge in [0.1, 0.15) is 11.5 Å². The number of nitrogens with one attached hydrogen (secondary N) is 2. The maximum Gasteiger partial charge on any atom is 0.338 e. The first-order valence-electron chi connectivity index (χ1n) is 5.84. The Morgan fingerprint density at radius 1 is 1.18 bits per heavy atom. The fourth-order valence-electron chi connectivity index (χ4n) is 2.54. The molecule has 1 saturated carbocycles. The molecule has 4 nitrogen and oxygen atoms in total. The van der Waals surface area contributed by atoms with Crippen LogP contribution in [0.2, 0.25) is 0 Å². The minimum absolute atomic E-state index is 0.168. The maximum atomic E-state index is 12.8. The van der Waals surface area contributed by atoms with Crippen LogP contribution in [0.1, 0.15) is 25.7 Å². The zero-order chi connectivity index (χ0) is 11.9. The van der Waals surface area contributed by atoms with Crippen LogP contribution in [0.15, 0.2) is 24.3 Å². The topological polar surface area (TPSA) is 44.4 Å². The van der Waals surface area contributed by atoms with Crippen LogP contribution in [0.4, 0.5) is 14.9 Å². The van der Waals surface area contributed by atoms with Gasteiger partial charge in [-0.3, -0.25) is 0 Å². The molecule has 2 N–H and O–H groups in total. The van der Waals surface area contributed by atoms with Crippen LogP contribution in [0.5, 0.6) is 0 Å². The summed E-state index contributed by atoms with van der Waals surface area (Å²) in [6.07, 6.45) is 4.11. The summed E-state index contributed by atoms with van der Waals surface area (Å²) in [5.41, 5.74) is 3.58. The lowest BCUT2D eigenvalue weighted by atomic mass is 10.1. The Bertz CT molecular complexity index is 440. The molecule has 1 heterocycles. The smallest absolute Gasteiger partial charge is 0.317 e. The lowest BCUT2D eigenvalue weighted by molar-refractivity contribution is 0.246. The van der Waals surface area contributed by atoms with Gasteiger partial charge in [0.2, 0.25) is 0 Å². The number of amides is 2. The molecule has 1 aromatic rings. The SMILES string of the molecule is O=C1NC2(CCCC2)NN1c1ccc(F)cc1. The molecule has 3 rings (SSSR count). The van der Waals surface area contributed by atoms with Crippen LogP contribution in [-0.4, -0.2) is 11.7 Å². The third-order valence-corrected chi connectivity index (χ3v) is 3.42. The molecule has 0 bridgehead atoms. The molecule has 0 aromatic heterocycles. The van der Waals surface area contributed by atoms with Crippen molar-refractivity contribution in [1.82, 2.24) is 10.7 Å². The molecule has 2 amide bonds. The number of carbonyl (C=O) groups excluding carboxylic acids is 1. The van der Waals surface area contributed by atoms with Gasteiger partial charge < -0.3 is 5.32 Å². The molecular formula is C12H14FN3O. The van der Waals surface area contributed by atoms with E-state index in [4.69, 9.17) is 0 Å². The second-order valence-corrected chi connectivity index (χ2v) is 4.64. The van der Waals surface area contributed by atoms with Crippen molar-refractivity contribution < 1.29 is 9.18 Å². The van der Waals surface area contributed by atoms with Gasteiger partial charge >= 0.3 is 6.03 Å². The highest BCUT2D eigenvalue weighted by Gasteiger charge is 2.44. The van der Waals surface area contributed by atoms with E-state index < -0.39 is 0 Å². The molecular weight excluding hydrogens is 221 g/mol. The highest BCUT2D eigenvalue weighted by molar-refractivity contribution is 5.93. The maximum absolute atomic E-state index is 12.8. The van der Waals surface area contributed by atoms with Crippen molar-refractivity contribution in [3.8, 4) is 0 Å². The number of hydrogen-bond donors (Lipinski definition) is 2. The van der Waals surface area contributed by atoms with Gasteiger partial charge in [-0.15, -0.1) is 0 Å². The minimum atomic E-state index is -0.302. The number of anilines is 1. The quantitative estimate of drug-likeness (QED) is 0.783. The van der Waals surface area contributed by atoms with Crippen molar-refractivity contribution in [3.05, 3.63) is 30.1 Å². The summed E-state index contributed by atoms with van der Waals surface area (Å²) >= 11 is 0. The summed E-state index contributed by atoms with van der Waals surface area (Å²) in [7, 11) is 0. The van der Waals surface area contributed by atoms with Crippen LogP contribution in [0.25, 0.3) is 0 Å². The number of rotatable bonds is 1. The van der Waals surface area contributed by atoms with E-state index in [-0.39, 0.29) is 17.5 Å². The number of nitrogens with zero attached hydrogens (tertiary/aromatic N) is 1. The molecule has 1 aromatic carbocycles. The predicted molar refractivity (Wildman–Crippen MR) is 61.7 cm³/mol. The molecule has 17 heavy (non-hydrogen) atoms. The summed E-state index contributed by atoms with van der Waals surface area (Å²) in [5, 5.41) is 4.44. The molecule has 5 heteroatoms. The molecule has 0 unspecified atom stereocenters. The molecule has 2 fully saturated rings. The molecule has 1 saturated heterocycles. The first-order chi connectivity index (χ1) is 8.19. The standard InChI is InChI=1S/C12H14FN3O/c13-9-3-5-10(6-4-9)16-11(17)14-12(15-16)7-1-2-8-12/h3-6,15H,1-2,7-8H2,(H,14,17). The van der Waals surface area contributed by atoms with E-state index in [0.29, 0.717) is 5.69 Å². The highest BCUT2D eigenvalue weighted by Crippen LogP contribution is 2.32. The Morgan fingerprint density at radius 2 is 1.82 bits per heavy atom. The second kappa shape index (κ2) is 3.70. The van der Waals surface area contributed by atoms with Gasteiger partial charge in [0.15, 0.2) is 0 Å². The fraction of sp³-hybridized carbons (Fsp3) is 0.417. The van der Waals surface area contributed by atoms with E-state index in [2.05, 4.69) is 10.7 Å². The predicted octanol–water partition coefficient (Wildman–Crippen LogP) is 2.13. The lowest BCUT2D eigenvalue weighted by Gasteiger charge is -2.23. The van der Waals surface area contributed by atoms with Crippen molar-refractivity contribution in [2.24, 2.45) is 0 Å². The Hall–Kier alpha value is -1.62. The van der Waals surface area contributed by atoms with Crippen molar-refractivity contribution in [1.29, 1.82) is 0 Å². The van der Waals surface area contributed by atoms with Crippen LogP contribution in [0, 0.1) is 5.82 Å². The van der Waals surface area contributed by atoms with Gasteiger partial charge in [0, 0.05) is 0 Å². The van der Waals surface area contributed by atoms with Crippen LogP contribution in [-0.2, 0) is 0 Å². The minimum Gasteiger partial charge on any atom is -0.317 e. The Balaban J connectivity index is 1.85. The van der Waals surface area contributed by atoms with E-state index in [1.165, 1.54) is 17.1 Å². The summed E-state index contributed by atoms with van der Waals surface area (Å²) in [6.45, 7) is 0. The van der Waals surface area contributed by atoms with E-state index in [1.807, 2.05) is 0 Å². The van der Waals surface area contributed by atoms with E-state index in [9.17, 15) is 9.18 Å². The number of urea groups is 1. The van der Waals surface area contributed by atoms with Gasteiger partial charge in [-0.2, -0.15) is 0 Å². The fourth-order valence-corrected chi connectivity index (χ4v) is 2.54. The Morgan fingerprint density at radius 3 is 2.47 bits per heavy atom. The molecule has 1 aliphatic heterocycles. The molecule has 0 radical (unpaired) electrons. The van der Waals surface area contributed by atoms with Crippen LogP contribution < -0.4 is 15.8 Å². The summed E-state index contributed by atoms with van der Waals surface area (Å²) < 4.78 is 12.8. The number of halogens is 1. The van der Waals surface area contributed by atoms with Gasteiger partial charge in [-0.25, -0.2) is 19.6 Å². The molecule has 2 aliphatic rings. The zero-order valence-electron chi connectivity index (χ0n) is 9.37. The number of hydrogen-bond acceptors (Lipinski definition) is 2. The van der Waals surface area contributed by atoms with Crippen molar-refractivity contribution in [2.45, 2.75) is 31.3 Å². The molecule has 90 valence electrons. The first kappa shape index (κ1) is 10.5. The van der Waals surface area contributed by atoms with Crippen LogP contribution >= 0.6 is 0 Å². The van der Waals surface area contributed by atoms with E-state index in [0.717, 1.165) is 25.7 Å². The Labute approximate surface area is 98.8 Å². The Kier molecular flexibility index (Phi) is 2.29. The first-order valence-corrected chi connectivity index (χ1v) is 5.84. The number of hydrazine groups is 1. The van der Waals surface area contributed by atoms with Gasteiger partial charge in [0.25, 0.3) is 0 Å². The average molecular weight is 235 g/mol. The third kappa shape index (κ3) is 1.76. The number of carbonyl (C=O) groups is 1. The summed E-state index contributed by atoms with van der Waals surface area (Å²) in [5.74, 6) is -0.302. The van der Waals surface area contributed by atoms with Crippen molar-refractivity contribution in [3.63, 3.8) is 0 Å². The highest BCUT2D eigenvalue weighted by atomic mass is 19.1. The average Bonchev–Trinajstić information content (AvgIpc) is 2.88. The van der Waals surface area contributed by atoms with Gasteiger partial charge in [-0.1, -0.05) is 0 Å². The monoisotopic (exact) mass is 235 g/mol. The van der Waals surface area contributed by atoms with Gasteiger partial charge in [-0.05, 0) is 49.9 Å². The molecule has 0 atom stereocenters. The van der Waals surface area contributed by atoms with E-state index >= 15 is 0 Å². The number of benzene rings is 1.